The number of aromatic carboxylic acids is 1. The molecule has 0 aromatic carbocycles. The van der Waals surface area contributed by atoms with Gasteiger partial charge in [-0.2, -0.15) is 0 Å². The standard InChI is InChI=1S/C13H18ClN3O2/c14-11-8-10(13(18)19)9-16-12(11)15-4-3-7-17-5-1-2-6-17/h8-9H,1-7H2,(H,15,16)(H,18,19). The largest absolute Gasteiger partial charge is 0.478 e. The van der Waals surface area contributed by atoms with Crippen molar-refractivity contribution >= 4 is 23.4 Å². The number of aromatic nitrogens is 1. The zero-order chi connectivity index (χ0) is 13.7. The van der Waals surface area contributed by atoms with Crippen molar-refractivity contribution in [1.29, 1.82) is 0 Å². The highest BCUT2D eigenvalue weighted by molar-refractivity contribution is 6.33. The van der Waals surface area contributed by atoms with Gasteiger partial charge in [-0.15, -0.1) is 0 Å². The van der Waals surface area contributed by atoms with Gasteiger partial charge in [0.05, 0.1) is 10.6 Å². The predicted molar refractivity (Wildman–Crippen MR) is 75.0 cm³/mol. The summed E-state index contributed by atoms with van der Waals surface area (Å²) in [5.74, 6) is -0.469. The van der Waals surface area contributed by atoms with Crippen LogP contribution in [0.3, 0.4) is 0 Å². The molecule has 2 N–H and O–H groups in total. The van der Waals surface area contributed by atoms with Crippen LogP contribution in [-0.2, 0) is 0 Å². The molecule has 19 heavy (non-hydrogen) atoms. The van der Waals surface area contributed by atoms with Crippen LogP contribution in [0.1, 0.15) is 29.6 Å². The third-order valence-corrected chi connectivity index (χ3v) is 3.52. The minimum atomic E-state index is -1.02. The van der Waals surface area contributed by atoms with Gasteiger partial charge in [0.1, 0.15) is 5.82 Å². The summed E-state index contributed by atoms with van der Waals surface area (Å²) >= 11 is 5.98. The number of rotatable bonds is 6. The lowest BCUT2D eigenvalue weighted by molar-refractivity contribution is 0.0696. The van der Waals surface area contributed by atoms with Crippen molar-refractivity contribution in [2.75, 3.05) is 31.5 Å². The Morgan fingerprint density at radius 3 is 2.84 bits per heavy atom. The van der Waals surface area contributed by atoms with Crippen LogP contribution in [0.15, 0.2) is 12.3 Å². The lowest BCUT2D eigenvalue weighted by atomic mass is 10.3. The van der Waals surface area contributed by atoms with E-state index in [4.69, 9.17) is 16.7 Å². The Labute approximate surface area is 117 Å². The van der Waals surface area contributed by atoms with Crippen LogP contribution in [-0.4, -0.2) is 47.1 Å². The number of pyridine rings is 1. The molecule has 0 bridgehead atoms. The molecule has 1 aliphatic rings. The van der Waals surface area contributed by atoms with Gasteiger partial charge in [-0.3, -0.25) is 0 Å². The number of anilines is 1. The van der Waals surface area contributed by atoms with E-state index in [0.717, 1.165) is 19.5 Å². The molecule has 0 radical (unpaired) electrons. The summed E-state index contributed by atoms with van der Waals surface area (Å²) in [6.45, 7) is 4.27. The summed E-state index contributed by atoms with van der Waals surface area (Å²) in [7, 11) is 0. The monoisotopic (exact) mass is 283 g/mol. The molecule has 6 heteroatoms. The molecule has 0 saturated carbocycles. The average molecular weight is 284 g/mol. The average Bonchev–Trinajstić information content (AvgIpc) is 2.89. The topological polar surface area (TPSA) is 65.5 Å². The van der Waals surface area contributed by atoms with E-state index in [1.807, 2.05) is 0 Å². The molecule has 0 amide bonds. The number of hydrogen-bond donors (Lipinski definition) is 2. The van der Waals surface area contributed by atoms with Crippen molar-refractivity contribution in [3.8, 4) is 0 Å². The molecule has 5 nitrogen and oxygen atoms in total. The number of halogens is 1. The second-order valence-corrected chi connectivity index (χ2v) is 5.10. The van der Waals surface area contributed by atoms with Gasteiger partial charge in [0.25, 0.3) is 0 Å². The van der Waals surface area contributed by atoms with Crippen LogP contribution in [0.4, 0.5) is 5.82 Å². The predicted octanol–water partition coefficient (Wildman–Crippen LogP) is 2.33. The van der Waals surface area contributed by atoms with Gasteiger partial charge >= 0.3 is 5.97 Å². The zero-order valence-corrected chi connectivity index (χ0v) is 11.5. The van der Waals surface area contributed by atoms with E-state index in [1.54, 1.807) is 0 Å². The van der Waals surface area contributed by atoms with Gasteiger partial charge in [-0.1, -0.05) is 11.6 Å². The van der Waals surface area contributed by atoms with E-state index in [0.29, 0.717) is 10.8 Å². The Morgan fingerprint density at radius 1 is 1.47 bits per heavy atom. The number of carbonyl (C=O) groups is 1. The Morgan fingerprint density at radius 2 is 2.21 bits per heavy atom. The molecule has 2 rings (SSSR count). The van der Waals surface area contributed by atoms with Crippen molar-refractivity contribution < 1.29 is 9.90 Å². The number of nitrogens with one attached hydrogen (secondary N) is 1. The molecule has 0 unspecified atom stereocenters. The molecular formula is C13H18ClN3O2. The fraction of sp³-hybridized carbons (Fsp3) is 0.538. The van der Waals surface area contributed by atoms with E-state index >= 15 is 0 Å². The molecule has 0 atom stereocenters. The van der Waals surface area contributed by atoms with E-state index in [9.17, 15) is 4.79 Å². The van der Waals surface area contributed by atoms with Crippen LogP contribution < -0.4 is 5.32 Å². The van der Waals surface area contributed by atoms with Crippen molar-refractivity contribution in [3.05, 3.63) is 22.8 Å². The maximum absolute atomic E-state index is 10.7. The van der Waals surface area contributed by atoms with Gasteiger partial charge in [0.15, 0.2) is 0 Å². The van der Waals surface area contributed by atoms with Crippen LogP contribution in [0, 0.1) is 0 Å². The smallest absolute Gasteiger partial charge is 0.337 e. The lowest BCUT2D eigenvalue weighted by Crippen LogP contribution is -2.22. The first-order chi connectivity index (χ1) is 9.16. The molecule has 1 fully saturated rings. The van der Waals surface area contributed by atoms with Crippen molar-refractivity contribution in [2.45, 2.75) is 19.3 Å². The molecule has 104 valence electrons. The van der Waals surface area contributed by atoms with Crippen molar-refractivity contribution in [3.63, 3.8) is 0 Å². The van der Waals surface area contributed by atoms with Gasteiger partial charge in [-0.25, -0.2) is 9.78 Å². The lowest BCUT2D eigenvalue weighted by Gasteiger charge is -2.14. The summed E-state index contributed by atoms with van der Waals surface area (Å²) in [6, 6.07) is 1.42. The third-order valence-electron chi connectivity index (χ3n) is 3.23. The minimum absolute atomic E-state index is 0.104. The molecule has 1 aromatic heterocycles. The Bertz CT molecular complexity index is 448. The summed E-state index contributed by atoms with van der Waals surface area (Å²) in [5.41, 5.74) is 0.104. The minimum Gasteiger partial charge on any atom is -0.478 e. The first-order valence-electron chi connectivity index (χ1n) is 6.52. The Hall–Kier alpha value is -1.33. The molecule has 1 saturated heterocycles. The quantitative estimate of drug-likeness (QED) is 0.785. The zero-order valence-electron chi connectivity index (χ0n) is 10.7. The van der Waals surface area contributed by atoms with Gasteiger partial charge in [-0.05, 0) is 45.0 Å². The van der Waals surface area contributed by atoms with E-state index < -0.39 is 5.97 Å². The fourth-order valence-electron chi connectivity index (χ4n) is 2.20. The van der Waals surface area contributed by atoms with Gasteiger partial charge < -0.3 is 15.3 Å². The summed E-state index contributed by atoms with van der Waals surface area (Å²) in [5, 5.41) is 12.3. The first kappa shape index (κ1) is 14.1. The van der Waals surface area contributed by atoms with Crippen LogP contribution >= 0.6 is 11.6 Å². The van der Waals surface area contributed by atoms with E-state index in [2.05, 4.69) is 15.2 Å². The Balaban J connectivity index is 1.77. The number of carboxylic acid groups (broad SMARTS) is 1. The number of likely N-dealkylation sites (tertiary alicyclic amines) is 1. The molecular weight excluding hydrogens is 266 g/mol. The van der Waals surface area contributed by atoms with Gasteiger partial charge in [0.2, 0.25) is 0 Å². The maximum atomic E-state index is 10.7. The number of hydrogen-bond acceptors (Lipinski definition) is 4. The number of carboxylic acids is 1. The molecule has 1 aliphatic heterocycles. The molecule has 2 heterocycles. The first-order valence-corrected chi connectivity index (χ1v) is 6.89. The maximum Gasteiger partial charge on any atom is 0.337 e. The molecule has 0 aliphatic carbocycles. The normalized spacial score (nSPS) is 15.6. The summed E-state index contributed by atoms with van der Waals surface area (Å²) < 4.78 is 0. The van der Waals surface area contributed by atoms with E-state index in [1.165, 1.54) is 38.2 Å². The van der Waals surface area contributed by atoms with Crippen LogP contribution in [0.25, 0.3) is 0 Å². The highest BCUT2D eigenvalue weighted by atomic mass is 35.5. The summed E-state index contributed by atoms with van der Waals surface area (Å²) in [4.78, 5) is 17.2. The van der Waals surface area contributed by atoms with E-state index in [-0.39, 0.29) is 5.56 Å². The second kappa shape index (κ2) is 6.73. The fourth-order valence-corrected chi connectivity index (χ4v) is 2.43. The highest BCUT2D eigenvalue weighted by Gasteiger charge is 2.11. The van der Waals surface area contributed by atoms with Crippen molar-refractivity contribution in [1.82, 2.24) is 9.88 Å². The van der Waals surface area contributed by atoms with Gasteiger partial charge in [0, 0.05) is 12.7 Å². The van der Waals surface area contributed by atoms with Crippen LogP contribution in [0.5, 0.6) is 0 Å². The van der Waals surface area contributed by atoms with Crippen molar-refractivity contribution in [2.24, 2.45) is 0 Å². The van der Waals surface area contributed by atoms with Crippen LogP contribution in [0.2, 0.25) is 5.02 Å². The molecule has 0 spiro atoms. The SMILES string of the molecule is O=C(O)c1cnc(NCCCN2CCCC2)c(Cl)c1. The Kier molecular flexibility index (Phi) is 4.99. The third kappa shape index (κ3) is 4.08. The summed E-state index contributed by atoms with van der Waals surface area (Å²) in [6.07, 6.45) is 4.95. The molecule has 1 aromatic rings. The number of nitrogens with zero attached hydrogens (tertiary/aromatic N) is 2. The second-order valence-electron chi connectivity index (χ2n) is 4.69. The highest BCUT2D eigenvalue weighted by Crippen LogP contribution is 2.20.